The van der Waals surface area contributed by atoms with Crippen LogP contribution in [0.2, 0.25) is 0 Å². The van der Waals surface area contributed by atoms with E-state index < -0.39 is 6.09 Å². The molecule has 2 aromatic rings. The molecule has 0 saturated heterocycles. The minimum absolute atomic E-state index is 0.170. The molecule has 0 bridgehead atoms. The summed E-state index contributed by atoms with van der Waals surface area (Å²) in [5.41, 5.74) is 2.10. The van der Waals surface area contributed by atoms with Crippen LogP contribution >= 0.6 is 0 Å². The molecule has 0 spiro atoms. The third kappa shape index (κ3) is 6.12. The van der Waals surface area contributed by atoms with Crippen LogP contribution in [0, 0.1) is 5.92 Å². The molecule has 0 aliphatic carbocycles. The van der Waals surface area contributed by atoms with Crippen LogP contribution in [-0.4, -0.2) is 25.7 Å². The van der Waals surface area contributed by atoms with Gasteiger partial charge in [-0.25, -0.2) is 4.79 Å². The summed E-state index contributed by atoms with van der Waals surface area (Å²) in [4.78, 5) is 23.5. The summed E-state index contributed by atoms with van der Waals surface area (Å²) in [5.74, 6) is 0.936. The second-order valence-corrected chi connectivity index (χ2v) is 6.23. The molecule has 2 amide bonds. The Labute approximate surface area is 153 Å². The first-order valence-electron chi connectivity index (χ1n) is 8.43. The maximum atomic E-state index is 12.3. The van der Waals surface area contributed by atoms with Crippen LogP contribution < -0.4 is 15.4 Å². The number of methoxy groups -OCH3 is 1. The van der Waals surface area contributed by atoms with E-state index in [1.807, 2.05) is 18.2 Å². The molecule has 6 heteroatoms. The highest BCUT2D eigenvalue weighted by molar-refractivity contribution is 5.94. The van der Waals surface area contributed by atoms with Crippen LogP contribution in [0.15, 0.2) is 48.5 Å². The highest BCUT2D eigenvalue weighted by atomic mass is 16.5. The Hall–Kier alpha value is -3.02. The van der Waals surface area contributed by atoms with Gasteiger partial charge in [-0.2, -0.15) is 0 Å². The number of amides is 2. The molecule has 0 aliphatic heterocycles. The number of nitrogens with one attached hydrogen (secondary N) is 2. The van der Waals surface area contributed by atoms with Crippen molar-refractivity contribution in [2.24, 2.45) is 5.92 Å². The van der Waals surface area contributed by atoms with Crippen molar-refractivity contribution in [3.63, 3.8) is 0 Å². The van der Waals surface area contributed by atoms with Gasteiger partial charge in [0.15, 0.2) is 0 Å². The van der Waals surface area contributed by atoms with Crippen molar-refractivity contribution in [3.8, 4) is 5.75 Å². The molecule has 0 aromatic heterocycles. The summed E-state index contributed by atoms with van der Waals surface area (Å²) in [6.45, 7) is 5.14. The van der Waals surface area contributed by atoms with E-state index in [4.69, 9.17) is 4.74 Å². The standard InChI is InChI=1S/C20H24N2O4/c1-14(2)13-26-18-6-4-5-16(11-18)19(23)21-12-15-7-9-17(10-8-15)22-20(24)25-3/h4-11,14H,12-13H2,1-3H3,(H,21,23)(H,22,24). The number of rotatable bonds is 7. The largest absolute Gasteiger partial charge is 0.493 e. The number of benzene rings is 2. The third-order valence-electron chi connectivity index (χ3n) is 3.52. The van der Waals surface area contributed by atoms with E-state index in [1.54, 1.807) is 30.3 Å². The molecule has 6 nitrogen and oxygen atoms in total. The van der Waals surface area contributed by atoms with Crippen molar-refractivity contribution >= 4 is 17.7 Å². The third-order valence-corrected chi connectivity index (χ3v) is 3.52. The van der Waals surface area contributed by atoms with E-state index in [9.17, 15) is 9.59 Å². The van der Waals surface area contributed by atoms with Gasteiger partial charge in [-0.05, 0) is 41.8 Å². The fourth-order valence-corrected chi connectivity index (χ4v) is 2.15. The van der Waals surface area contributed by atoms with E-state index in [0.29, 0.717) is 36.1 Å². The Bertz CT molecular complexity index is 742. The molecule has 0 aliphatic rings. The van der Waals surface area contributed by atoms with Crippen molar-refractivity contribution in [2.75, 3.05) is 19.0 Å². The summed E-state index contributed by atoms with van der Waals surface area (Å²) < 4.78 is 10.2. The van der Waals surface area contributed by atoms with E-state index in [2.05, 4.69) is 29.2 Å². The number of carbonyl (C=O) groups is 2. The van der Waals surface area contributed by atoms with Crippen LogP contribution in [-0.2, 0) is 11.3 Å². The Morgan fingerprint density at radius 2 is 1.81 bits per heavy atom. The van der Waals surface area contributed by atoms with E-state index in [1.165, 1.54) is 7.11 Å². The minimum Gasteiger partial charge on any atom is -0.493 e. The van der Waals surface area contributed by atoms with Crippen LogP contribution in [0.1, 0.15) is 29.8 Å². The maximum absolute atomic E-state index is 12.3. The molecule has 0 unspecified atom stereocenters. The van der Waals surface area contributed by atoms with Gasteiger partial charge in [0.1, 0.15) is 5.75 Å². The van der Waals surface area contributed by atoms with Crippen molar-refractivity contribution in [1.29, 1.82) is 0 Å². The average molecular weight is 356 g/mol. The average Bonchev–Trinajstić information content (AvgIpc) is 2.65. The van der Waals surface area contributed by atoms with Gasteiger partial charge in [0.2, 0.25) is 0 Å². The number of ether oxygens (including phenoxy) is 2. The van der Waals surface area contributed by atoms with Crippen LogP contribution in [0.5, 0.6) is 5.75 Å². The van der Waals surface area contributed by atoms with Crippen LogP contribution in [0.4, 0.5) is 10.5 Å². The van der Waals surface area contributed by atoms with E-state index in [-0.39, 0.29) is 5.91 Å². The Morgan fingerprint density at radius 3 is 2.46 bits per heavy atom. The first kappa shape index (κ1) is 19.3. The molecule has 0 radical (unpaired) electrons. The summed E-state index contributed by atoms with van der Waals surface area (Å²) in [6, 6.07) is 14.3. The molecule has 2 N–H and O–H groups in total. The zero-order chi connectivity index (χ0) is 18.9. The number of anilines is 1. The quantitative estimate of drug-likeness (QED) is 0.790. The molecule has 138 valence electrons. The Balaban J connectivity index is 1.90. The van der Waals surface area contributed by atoms with Gasteiger partial charge >= 0.3 is 6.09 Å². The second-order valence-electron chi connectivity index (χ2n) is 6.23. The van der Waals surface area contributed by atoms with Gasteiger partial charge in [-0.3, -0.25) is 10.1 Å². The van der Waals surface area contributed by atoms with Gasteiger partial charge in [0.25, 0.3) is 5.91 Å². The van der Waals surface area contributed by atoms with Crippen molar-refractivity contribution in [1.82, 2.24) is 5.32 Å². The minimum atomic E-state index is -0.523. The highest BCUT2D eigenvalue weighted by Gasteiger charge is 2.07. The van der Waals surface area contributed by atoms with Crippen molar-refractivity contribution in [3.05, 3.63) is 59.7 Å². The monoisotopic (exact) mass is 356 g/mol. The second kappa shape index (κ2) is 9.46. The summed E-state index contributed by atoms with van der Waals surface area (Å²) in [6.07, 6.45) is -0.523. The predicted molar refractivity (Wildman–Crippen MR) is 100 cm³/mol. The fraction of sp³-hybridized carbons (Fsp3) is 0.300. The van der Waals surface area contributed by atoms with Gasteiger partial charge in [-0.15, -0.1) is 0 Å². The number of hydrogen-bond acceptors (Lipinski definition) is 4. The molecule has 26 heavy (non-hydrogen) atoms. The molecule has 0 atom stereocenters. The number of hydrogen-bond donors (Lipinski definition) is 2. The SMILES string of the molecule is COC(=O)Nc1ccc(CNC(=O)c2cccc(OCC(C)C)c2)cc1. The topological polar surface area (TPSA) is 76.7 Å². The zero-order valence-corrected chi connectivity index (χ0v) is 15.2. The zero-order valence-electron chi connectivity index (χ0n) is 15.2. The van der Waals surface area contributed by atoms with Gasteiger partial charge in [0, 0.05) is 17.8 Å². The maximum Gasteiger partial charge on any atom is 0.411 e. The normalized spacial score (nSPS) is 10.3. The summed E-state index contributed by atoms with van der Waals surface area (Å²) >= 11 is 0. The smallest absolute Gasteiger partial charge is 0.411 e. The predicted octanol–water partition coefficient (Wildman–Crippen LogP) is 3.83. The summed E-state index contributed by atoms with van der Waals surface area (Å²) in [5, 5.41) is 5.45. The molecular formula is C20H24N2O4. The lowest BCUT2D eigenvalue weighted by atomic mass is 10.1. The van der Waals surface area contributed by atoms with E-state index in [0.717, 1.165) is 5.56 Å². The molecule has 2 aromatic carbocycles. The van der Waals surface area contributed by atoms with E-state index >= 15 is 0 Å². The lowest BCUT2D eigenvalue weighted by Gasteiger charge is -2.10. The first-order valence-corrected chi connectivity index (χ1v) is 8.43. The number of carbonyl (C=O) groups excluding carboxylic acids is 2. The molecule has 0 fully saturated rings. The highest BCUT2D eigenvalue weighted by Crippen LogP contribution is 2.15. The van der Waals surface area contributed by atoms with Crippen molar-refractivity contribution in [2.45, 2.75) is 20.4 Å². The Kier molecular flexibility index (Phi) is 7.02. The Morgan fingerprint density at radius 1 is 1.08 bits per heavy atom. The fourth-order valence-electron chi connectivity index (χ4n) is 2.15. The van der Waals surface area contributed by atoms with Crippen LogP contribution in [0.3, 0.4) is 0 Å². The van der Waals surface area contributed by atoms with Gasteiger partial charge in [-0.1, -0.05) is 32.0 Å². The molecule has 2 rings (SSSR count). The van der Waals surface area contributed by atoms with Gasteiger partial charge < -0.3 is 14.8 Å². The lowest BCUT2D eigenvalue weighted by Crippen LogP contribution is -2.22. The summed E-state index contributed by atoms with van der Waals surface area (Å²) in [7, 11) is 1.31. The van der Waals surface area contributed by atoms with Crippen molar-refractivity contribution < 1.29 is 19.1 Å². The van der Waals surface area contributed by atoms with Crippen LogP contribution in [0.25, 0.3) is 0 Å². The lowest BCUT2D eigenvalue weighted by molar-refractivity contribution is 0.0950. The van der Waals surface area contributed by atoms with Gasteiger partial charge in [0.05, 0.1) is 13.7 Å². The first-order chi connectivity index (χ1) is 12.5. The molecule has 0 heterocycles. The molecular weight excluding hydrogens is 332 g/mol. The molecule has 0 saturated carbocycles.